The van der Waals surface area contributed by atoms with Crippen LogP contribution in [0.5, 0.6) is 0 Å². The highest BCUT2D eigenvalue weighted by atomic mass is 16.3. The van der Waals surface area contributed by atoms with Crippen LogP contribution < -0.4 is 5.32 Å². The van der Waals surface area contributed by atoms with E-state index in [4.69, 9.17) is 0 Å². The fraction of sp³-hybridized carbons (Fsp3) is 0.800. The summed E-state index contributed by atoms with van der Waals surface area (Å²) < 4.78 is 0. The zero-order valence-corrected chi connectivity index (χ0v) is 5.10. The van der Waals surface area contributed by atoms with Crippen molar-refractivity contribution in [1.82, 2.24) is 5.32 Å². The van der Waals surface area contributed by atoms with Crippen LogP contribution in [0, 0.1) is 0 Å². The molecule has 0 unspecified atom stereocenters. The third kappa shape index (κ3) is 3.61. The Morgan fingerprint density at radius 2 is 2.12 bits per heavy atom. The van der Waals surface area contributed by atoms with Gasteiger partial charge in [-0.25, -0.2) is 5.11 Å². The summed E-state index contributed by atoms with van der Waals surface area (Å²) in [6, 6.07) is 0.0800. The van der Waals surface area contributed by atoms with Gasteiger partial charge in [-0.1, -0.05) is 0 Å². The van der Waals surface area contributed by atoms with Crippen molar-refractivity contribution in [3.05, 3.63) is 0 Å². The lowest BCUT2D eigenvalue weighted by molar-refractivity contribution is -0.126. The molecular weight excluding hydrogens is 106 g/mol. The molecule has 47 valence electrons. The molecule has 0 heterocycles. The molecule has 0 aromatic rings. The van der Waals surface area contributed by atoms with E-state index in [-0.39, 0.29) is 6.04 Å². The highest BCUT2D eigenvalue weighted by molar-refractivity contribution is 5.76. The van der Waals surface area contributed by atoms with Gasteiger partial charge >= 0.3 is 0 Å². The second-order valence-corrected chi connectivity index (χ2v) is 1.87. The normalized spacial score (nSPS) is 9.50. The number of hydrogen-bond donors (Lipinski definition) is 1. The molecule has 0 fully saturated rings. The lowest BCUT2D eigenvalue weighted by Crippen LogP contribution is -2.31. The molecule has 0 spiro atoms. The Morgan fingerprint density at radius 3 is 2.25 bits per heavy atom. The van der Waals surface area contributed by atoms with E-state index < -0.39 is 12.5 Å². The van der Waals surface area contributed by atoms with Crippen LogP contribution in [0.4, 0.5) is 0 Å². The van der Waals surface area contributed by atoms with E-state index in [2.05, 4.69) is 5.32 Å². The van der Waals surface area contributed by atoms with Crippen LogP contribution in [0.15, 0.2) is 0 Å². The monoisotopic (exact) mass is 116 g/mol. The SMILES string of the molecule is CC(C)NC(=O)C[O]. The van der Waals surface area contributed by atoms with Gasteiger partial charge in [0.25, 0.3) is 0 Å². The summed E-state index contributed by atoms with van der Waals surface area (Å²) >= 11 is 0. The first-order chi connectivity index (χ1) is 3.66. The second-order valence-electron chi connectivity index (χ2n) is 1.87. The molecule has 0 aromatic heterocycles. The van der Waals surface area contributed by atoms with Crippen molar-refractivity contribution in [2.75, 3.05) is 6.61 Å². The number of carbonyl (C=O) groups is 1. The first-order valence-corrected chi connectivity index (χ1v) is 2.54. The minimum absolute atomic E-state index is 0.0800. The first kappa shape index (κ1) is 7.43. The minimum Gasteiger partial charge on any atom is -0.352 e. The van der Waals surface area contributed by atoms with Crippen molar-refractivity contribution in [2.45, 2.75) is 19.9 Å². The lowest BCUT2D eigenvalue weighted by atomic mass is 10.4. The van der Waals surface area contributed by atoms with E-state index in [1.807, 2.05) is 13.8 Å². The van der Waals surface area contributed by atoms with E-state index in [1.54, 1.807) is 0 Å². The van der Waals surface area contributed by atoms with Crippen molar-refractivity contribution in [3.8, 4) is 0 Å². The van der Waals surface area contributed by atoms with E-state index in [0.717, 1.165) is 0 Å². The summed E-state index contributed by atoms with van der Waals surface area (Å²) in [5.74, 6) is -0.431. The fourth-order valence-electron chi connectivity index (χ4n) is 0.364. The molecule has 0 aromatic carbocycles. The molecular formula is C5H10NO2. The summed E-state index contributed by atoms with van der Waals surface area (Å²) in [5, 5.41) is 12.2. The molecule has 8 heavy (non-hydrogen) atoms. The quantitative estimate of drug-likeness (QED) is 0.540. The van der Waals surface area contributed by atoms with Gasteiger partial charge in [0.05, 0.1) is 0 Å². The average Bonchev–Trinajstić information content (AvgIpc) is 1.65. The maximum atomic E-state index is 10.2. The van der Waals surface area contributed by atoms with Gasteiger partial charge in [0, 0.05) is 6.04 Å². The molecule has 3 nitrogen and oxygen atoms in total. The van der Waals surface area contributed by atoms with Crippen LogP contribution in [0.3, 0.4) is 0 Å². The first-order valence-electron chi connectivity index (χ1n) is 2.54. The largest absolute Gasteiger partial charge is 0.352 e. The van der Waals surface area contributed by atoms with Crippen LogP contribution in [-0.4, -0.2) is 18.6 Å². The highest BCUT2D eigenvalue weighted by Crippen LogP contribution is 1.74. The van der Waals surface area contributed by atoms with Crippen LogP contribution in [0.25, 0.3) is 0 Å². The van der Waals surface area contributed by atoms with Crippen LogP contribution in [0.2, 0.25) is 0 Å². The molecule has 0 aliphatic heterocycles. The summed E-state index contributed by atoms with van der Waals surface area (Å²) in [4.78, 5) is 10.2. The molecule has 1 radical (unpaired) electrons. The Labute approximate surface area is 48.7 Å². The van der Waals surface area contributed by atoms with Crippen LogP contribution in [-0.2, 0) is 9.90 Å². The number of carbonyl (C=O) groups excluding carboxylic acids is 1. The Bertz CT molecular complexity index is 80.5. The molecule has 1 amide bonds. The lowest BCUT2D eigenvalue weighted by Gasteiger charge is -2.03. The van der Waals surface area contributed by atoms with Gasteiger partial charge in [-0.05, 0) is 13.8 Å². The van der Waals surface area contributed by atoms with E-state index in [1.165, 1.54) is 0 Å². The summed E-state index contributed by atoms with van der Waals surface area (Å²) in [5.41, 5.74) is 0. The van der Waals surface area contributed by atoms with E-state index >= 15 is 0 Å². The zero-order chi connectivity index (χ0) is 6.57. The standard InChI is InChI=1S/C5H10NO2/c1-4(2)6-5(8)3-7/h4H,3H2,1-2H3,(H,6,8). The maximum Gasteiger partial charge on any atom is 0.249 e. The fourth-order valence-corrected chi connectivity index (χ4v) is 0.364. The summed E-state index contributed by atoms with van der Waals surface area (Å²) in [6.07, 6.45) is 0. The Morgan fingerprint density at radius 1 is 1.62 bits per heavy atom. The number of amides is 1. The van der Waals surface area contributed by atoms with Crippen molar-refractivity contribution >= 4 is 5.91 Å². The van der Waals surface area contributed by atoms with Crippen molar-refractivity contribution < 1.29 is 9.90 Å². The predicted octanol–water partition coefficient (Wildman–Crippen LogP) is -0.0585. The van der Waals surface area contributed by atoms with Crippen molar-refractivity contribution in [1.29, 1.82) is 0 Å². The van der Waals surface area contributed by atoms with Crippen molar-refractivity contribution in [3.63, 3.8) is 0 Å². The van der Waals surface area contributed by atoms with Gasteiger partial charge in [0.2, 0.25) is 5.91 Å². The molecule has 0 aliphatic rings. The Hall–Kier alpha value is -0.570. The number of rotatable bonds is 2. The third-order valence-corrected chi connectivity index (χ3v) is 0.581. The Balaban J connectivity index is 3.25. The van der Waals surface area contributed by atoms with Crippen LogP contribution >= 0.6 is 0 Å². The highest BCUT2D eigenvalue weighted by Gasteiger charge is 1.98. The van der Waals surface area contributed by atoms with Gasteiger partial charge in [0.1, 0.15) is 0 Å². The zero-order valence-electron chi connectivity index (χ0n) is 5.10. The van der Waals surface area contributed by atoms with Crippen LogP contribution in [0.1, 0.15) is 13.8 Å². The number of hydrogen-bond acceptors (Lipinski definition) is 1. The topological polar surface area (TPSA) is 49.0 Å². The molecule has 0 bridgehead atoms. The number of nitrogens with one attached hydrogen (secondary N) is 1. The van der Waals surface area contributed by atoms with Gasteiger partial charge in [-0.2, -0.15) is 0 Å². The van der Waals surface area contributed by atoms with Gasteiger partial charge < -0.3 is 5.32 Å². The van der Waals surface area contributed by atoms with E-state index in [9.17, 15) is 9.90 Å². The maximum absolute atomic E-state index is 10.2. The Kier molecular flexibility index (Phi) is 3.19. The molecule has 3 heteroatoms. The summed E-state index contributed by atoms with van der Waals surface area (Å²) in [7, 11) is 0. The summed E-state index contributed by atoms with van der Waals surface area (Å²) in [6.45, 7) is 2.96. The molecule has 0 atom stereocenters. The molecule has 0 saturated heterocycles. The molecule has 0 saturated carbocycles. The van der Waals surface area contributed by atoms with Gasteiger partial charge in [-0.15, -0.1) is 0 Å². The van der Waals surface area contributed by atoms with E-state index in [0.29, 0.717) is 0 Å². The second kappa shape index (κ2) is 3.43. The molecule has 1 N–H and O–H groups in total. The molecule has 0 aliphatic carbocycles. The minimum atomic E-state index is -0.668. The molecule has 0 rings (SSSR count). The predicted molar refractivity (Wildman–Crippen MR) is 28.8 cm³/mol. The average molecular weight is 116 g/mol. The van der Waals surface area contributed by atoms with Gasteiger partial charge in [0.15, 0.2) is 6.61 Å². The van der Waals surface area contributed by atoms with Crippen molar-refractivity contribution in [2.24, 2.45) is 0 Å². The smallest absolute Gasteiger partial charge is 0.249 e. The third-order valence-electron chi connectivity index (χ3n) is 0.581. The van der Waals surface area contributed by atoms with Gasteiger partial charge in [-0.3, -0.25) is 4.79 Å².